The fourth-order valence-electron chi connectivity index (χ4n) is 1.60. The zero-order valence-corrected chi connectivity index (χ0v) is 9.52. The number of rotatable bonds is 0. The van der Waals surface area contributed by atoms with Gasteiger partial charge in [0, 0.05) is 6.40 Å². The second-order valence-corrected chi connectivity index (χ2v) is 3.67. The Morgan fingerprint density at radius 1 is 1.28 bits per heavy atom. The van der Waals surface area contributed by atoms with Crippen molar-refractivity contribution >= 4 is 24.1 Å². The highest BCUT2D eigenvalue weighted by atomic mass is 16.5. The minimum absolute atomic E-state index is 0.0694. The molecule has 2 aliphatic rings. The quantitative estimate of drug-likeness (QED) is 0.527. The molecule has 0 fully saturated rings. The van der Waals surface area contributed by atoms with Gasteiger partial charge in [0.05, 0.1) is 17.7 Å². The lowest BCUT2D eigenvalue weighted by Crippen LogP contribution is -2.20. The van der Waals surface area contributed by atoms with Gasteiger partial charge in [-0.05, 0) is 18.6 Å². The van der Waals surface area contributed by atoms with Gasteiger partial charge in [0.15, 0.2) is 0 Å². The first-order valence-electron chi connectivity index (χ1n) is 5.15. The summed E-state index contributed by atoms with van der Waals surface area (Å²) in [5, 5.41) is 2.25. The standard InChI is InChI=1S/C9H7NO2.C3H2NO2/c1-5-3-2-4-6-7(5)9(12)10-8(6)11;5-3-1-6-2-4-3/h2-4H,1H3,(H,10,11,12);1H2/q;-1. The Labute approximate surface area is 103 Å². The maximum Gasteiger partial charge on any atom is 0.259 e. The number of nitrogens with zero attached hydrogens (tertiary/aromatic N) is 1. The van der Waals surface area contributed by atoms with Gasteiger partial charge in [0.1, 0.15) is 5.91 Å². The molecule has 1 N–H and O–H groups in total. The topological polar surface area (TPSA) is 84.8 Å². The molecule has 0 aliphatic carbocycles. The summed E-state index contributed by atoms with van der Waals surface area (Å²) in [6.45, 7) is 1.89. The normalized spacial score (nSPS) is 15.7. The van der Waals surface area contributed by atoms with Crippen LogP contribution in [0.15, 0.2) is 23.2 Å². The average Bonchev–Trinajstić information content (AvgIpc) is 2.90. The molecular formula is C12H9N2O4-. The maximum atomic E-state index is 11.2. The van der Waals surface area contributed by atoms with Crippen LogP contribution >= 0.6 is 0 Å². The summed E-state index contributed by atoms with van der Waals surface area (Å²) in [6, 6.07) is 5.24. The summed E-state index contributed by atoms with van der Waals surface area (Å²) in [4.78, 5) is 35.3. The molecule has 0 aromatic heterocycles. The molecular weight excluding hydrogens is 236 g/mol. The summed E-state index contributed by atoms with van der Waals surface area (Å²) < 4.78 is 4.29. The lowest BCUT2D eigenvalue weighted by molar-refractivity contribution is -0.118. The minimum Gasteiger partial charge on any atom is -0.581 e. The zero-order valence-electron chi connectivity index (χ0n) is 9.52. The molecule has 0 saturated carbocycles. The van der Waals surface area contributed by atoms with Crippen molar-refractivity contribution in [2.45, 2.75) is 6.92 Å². The summed E-state index contributed by atoms with van der Waals surface area (Å²) >= 11 is 0. The van der Waals surface area contributed by atoms with E-state index in [9.17, 15) is 14.4 Å². The van der Waals surface area contributed by atoms with E-state index in [0.717, 1.165) is 5.56 Å². The number of aliphatic imine (C=N–C) groups is 1. The molecule has 0 unspecified atom stereocenters. The van der Waals surface area contributed by atoms with Crippen LogP contribution in [-0.4, -0.2) is 30.7 Å². The van der Waals surface area contributed by atoms with Gasteiger partial charge in [-0.15, -0.1) is 0 Å². The number of fused-ring (bicyclic) bond motifs is 1. The predicted molar refractivity (Wildman–Crippen MR) is 61.4 cm³/mol. The average molecular weight is 245 g/mol. The monoisotopic (exact) mass is 245 g/mol. The molecule has 0 saturated heterocycles. The number of ether oxygens (including phenoxy) is 1. The molecule has 18 heavy (non-hydrogen) atoms. The van der Waals surface area contributed by atoms with Crippen molar-refractivity contribution in [1.82, 2.24) is 5.32 Å². The number of benzene rings is 1. The first-order valence-corrected chi connectivity index (χ1v) is 5.15. The van der Waals surface area contributed by atoms with E-state index in [1.165, 1.54) is 0 Å². The van der Waals surface area contributed by atoms with Crippen molar-refractivity contribution in [2.24, 2.45) is 4.99 Å². The highest BCUT2D eigenvalue weighted by molar-refractivity contribution is 6.22. The molecule has 0 atom stereocenters. The number of hydrogen-bond acceptors (Lipinski definition) is 4. The fourth-order valence-corrected chi connectivity index (χ4v) is 1.60. The third kappa shape index (κ3) is 2.27. The van der Waals surface area contributed by atoms with E-state index in [4.69, 9.17) is 0 Å². The van der Waals surface area contributed by atoms with Gasteiger partial charge in [-0.2, -0.15) is 0 Å². The number of imide groups is 1. The molecule has 0 radical (unpaired) electrons. The first-order chi connectivity index (χ1) is 8.59. The molecule has 0 spiro atoms. The lowest BCUT2D eigenvalue weighted by atomic mass is 10.0. The van der Waals surface area contributed by atoms with E-state index >= 15 is 0 Å². The Balaban J connectivity index is 0.000000169. The molecule has 3 rings (SSSR count). The summed E-state index contributed by atoms with van der Waals surface area (Å²) in [6.07, 6.45) is 2.05. The Morgan fingerprint density at radius 2 is 2.06 bits per heavy atom. The van der Waals surface area contributed by atoms with Crippen LogP contribution in [0.1, 0.15) is 26.3 Å². The number of carbonyl (C=O) groups excluding carboxylic acids is 3. The van der Waals surface area contributed by atoms with Crippen LogP contribution in [-0.2, 0) is 9.53 Å². The largest absolute Gasteiger partial charge is 0.581 e. The molecule has 2 heterocycles. The van der Waals surface area contributed by atoms with Gasteiger partial charge >= 0.3 is 0 Å². The van der Waals surface area contributed by atoms with E-state index < -0.39 is 0 Å². The first kappa shape index (κ1) is 12.0. The lowest BCUT2D eigenvalue weighted by Gasteiger charge is -1.96. The third-order valence-corrected chi connectivity index (χ3v) is 2.40. The van der Waals surface area contributed by atoms with Crippen molar-refractivity contribution in [3.63, 3.8) is 0 Å². The summed E-state index contributed by atoms with van der Waals surface area (Å²) in [5.74, 6) is -0.832. The van der Waals surface area contributed by atoms with Crippen LogP contribution in [0.25, 0.3) is 0 Å². The van der Waals surface area contributed by atoms with Gasteiger partial charge in [-0.25, -0.2) is 0 Å². The molecule has 3 amide bonds. The van der Waals surface area contributed by atoms with Crippen LogP contribution in [0.2, 0.25) is 0 Å². The van der Waals surface area contributed by atoms with E-state index in [0.29, 0.717) is 11.1 Å². The van der Waals surface area contributed by atoms with Crippen LogP contribution in [0.3, 0.4) is 0 Å². The minimum atomic E-state index is -0.293. The molecule has 1 aromatic carbocycles. The van der Waals surface area contributed by atoms with Crippen molar-refractivity contribution < 1.29 is 19.1 Å². The van der Waals surface area contributed by atoms with Crippen LogP contribution in [0, 0.1) is 6.92 Å². The van der Waals surface area contributed by atoms with Gasteiger partial charge in [0.25, 0.3) is 11.8 Å². The molecule has 92 valence electrons. The Bertz CT molecular complexity index is 563. The van der Waals surface area contributed by atoms with Crippen molar-refractivity contribution in [3.05, 3.63) is 34.9 Å². The molecule has 2 aliphatic heterocycles. The fraction of sp³-hybridized carbons (Fsp3) is 0.167. The number of hydrogen-bond donors (Lipinski definition) is 1. The van der Waals surface area contributed by atoms with Gasteiger partial charge in [0.2, 0.25) is 0 Å². The van der Waals surface area contributed by atoms with Gasteiger partial charge in [-0.3, -0.25) is 14.9 Å². The second kappa shape index (κ2) is 4.79. The highest BCUT2D eigenvalue weighted by Crippen LogP contribution is 2.18. The molecule has 1 aromatic rings. The Kier molecular flexibility index (Phi) is 3.18. The number of carbonyl (C=O) groups is 3. The van der Waals surface area contributed by atoms with Crippen molar-refractivity contribution in [1.29, 1.82) is 0 Å². The number of amides is 3. The van der Waals surface area contributed by atoms with E-state index in [-0.39, 0.29) is 24.3 Å². The van der Waals surface area contributed by atoms with Crippen LogP contribution < -0.4 is 5.32 Å². The third-order valence-electron chi connectivity index (χ3n) is 2.40. The van der Waals surface area contributed by atoms with Crippen LogP contribution in [0.4, 0.5) is 0 Å². The summed E-state index contributed by atoms with van der Waals surface area (Å²) in [7, 11) is 0. The SMILES string of the molecule is Cc1cccc2c1C(=O)NC2=O.O=C1CO[C-]=N1. The zero-order chi connectivity index (χ0) is 13.1. The number of nitrogens with one attached hydrogen (secondary N) is 1. The highest BCUT2D eigenvalue weighted by Gasteiger charge is 2.27. The predicted octanol–water partition coefficient (Wildman–Crippen LogP) is 0.327. The summed E-state index contributed by atoms with van der Waals surface area (Å²) in [5.41, 5.74) is 1.85. The van der Waals surface area contributed by atoms with Gasteiger partial charge < -0.3 is 14.5 Å². The Hall–Kier alpha value is -2.50. The second-order valence-electron chi connectivity index (χ2n) is 3.67. The van der Waals surface area contributed by atoms with Crippen molar-refractivity contribution in [3.8, 4) is 0 Å². The molecule has 0 bridgehead atoms. The Morgan fingerprint density at radius 3 is 2.56 bits per heavy atom. The smallest absolute Gasteiger partial charge is 0.259 e. The van der Waals surface area contributed by atoms with Gasteiger partial charge in [-0.1, -0.05) is 12.1 Å². The van der Waals surface area contributed by atoms with Crippen LogP contribution in [0.5, 0.6) is 0 Å². The van der Waals surface area contributed by atoms with E-state index in [1.54, 1.807) is 12.1 Å². The number of aryl methyl sites for hydroxylation is 1. The molecule has 6 heteroatoms. The van der Waals surface area contributed by atoms with E-state index in [2.05, 4.69) is 15.0 Å². The molecule has 6 nitrogen and oxygen atoms in total. The van der Waals surface area contributed by atoms with Crippen molar-refractivity contribution in [2.75, 3.05) is 6.61 Å². The van der Waals surface area contributed by atoms with E-state index in [1.807, 2.05) is 19.4 Å². The maximum absolute atomic E-state index is 11.2.